The molecule has 0 heterocycles. The van der Waals surface area contributed by atoms with Crippen molar-refractivity contribution in [2.75, 3.05) is 6.61 Å². The molecule has 0 spiro atoms. The molecule has 5 heteroatoms. The van der Waals surface area contributed by atoms with E-state index in [1.165, 1.54) is 6.08 Å². The van der Waals surface area contributed by atoms with E-state index in [2.05, 4.69) is 6.58 Å². The van der Waals surface area contributed by atoms with Crippen molar-refractivity contribution in [3.05, 3.63) is 12.7 Å². The van der Waals surface area contributed by atoms with Crippen LogP contribution >= 0.6 is 0 Å². The van der Waals surface area contributed by atoms with Gasteiger partial charge in [-0.05, 0) is 13.3 Å². The van der Waals surface area contributed by atoms with Crippen molar-refractivity contribution >= 4 is 11.9 Å². The van der Waals surface area contributed by atoms with Gasteiger partial charge in [-0.15, -0.1) is 6.58 Å². The van der Waals surface area contributed by atoms with E-state index in [1.54, 1.807) is 6.92 Å². The molecular formula is C9H14O5. The van der Waals surface area contributed by atoms with Gasteiger partial charge in [0.2, 0.25) is 0 Å². The number of hydrogen-bond donors (Lipinski definition) is 2. The monoisotopic (exact) mass is 202 g/mol. The number of aliphatic carboxylic acids is 2. The molecule has 0 aliphatic carbocycles. The minimum atomic E-state index is -1.31. The minimum absolute atomic E-state index is 0.0757. The molecule has 0 saturated heterocycles. The third-order valence-electron chi connectivity index (χ3n) is 1.69. The van der Waals surface area contributed by atoms with Crippen molar-refractivity contribution in [2.24, 2.45) is 5.92 Å². The summed E-state index contributed by atoms with van der Waals surface area (Å²) in [6.45, 7) is 5.15. The molecule has 0 aromatic rings. The highest BCUT2D eigenvalue weighted by Crippen LogP contribution is 2.14. The summed E-state index contributed by atoms with van der Waals surface area (Å²) in [7, 11) is 0. The molecule has 0 aromatic heterocycles. The number of carbonyl (C=O) groups is 2. The van der Waals surface area contributed by atoms with Gasteiger partial charge in [0.1, 0.15) is 0 Å². The smallest absolute Gasteiger partial charge is 0.333 e. The predicted octanol–water partition coefficient (Wildman–Crippen LogP) is 0.753. The number of hydrogen-bond acceptors (Lipinski definition) is 3. The molecule has 80 valence electrons. The van der Waals surface area contributed by atoms with Gasteiger partial charge in [-0.2, -0.15) is 0 Å². The Morgan fingerprint density at radius 3 is 2.29 bits per heavy atom. The summed E-state index contributed by atoms with van der Waals surface area (Å²) in [5.74, 6) is -3.53. The van der Waals surface area contributed by atoms with Crippen LogP contribution in [0.1, 0.15) is 13.3 Å². The maximum absolute atomic E-state index is 10.7. The van der Waals surface area contributed by atoms with Gasteiger partial charge >= 0.3 is 11.9 Å². The minimum Gasteiger partial charge on any atom is -0.481 e. The van der Waals surface area contributed by atoms with E-state index in [9.17, 15) is 9.59 Å². The zero-order chi connectivity index (χ0) is 11.1. The lowest BCUT2D eigenvalue weighted by Gasteiger charge is -2.18. The summed E-state index contributed by atoms with van der Waals surface area (Å²) < 4.78 is 4.85. The average Bonchev–Trinajstić information content (AvgIpc) is 2.10. The SMILES string of the molecule is C=CC[C@@H](C(=O)O)C(OCC)C(=O)O. The molecule has 0 aliphatic heterocycles. The van der Waals surface area contributed by atoms with Crippen LogP contribution in [-0.4, -0.2) is 34.9 Å². The Bertz CT molecular complexity index is 223. The summed E-state index contributed by atoms with van der Waals surface area (Å²) in [6.07, 6.45) is 0.135. The van der Waals surface area contributed by atoms with Crippen molar-refractivity contribution in [1.82, 2.24) is 0 Å². The summed E-state index contributed by atoms with van der Waals surface area (Å²) in [4.78, 5) is 21.4. The maximum atomic E-state index is 10.7. The Morgan fingerprint density at radius 2 is 2.00 bits per heavy atom. The fourth-order valence-electron chi connectivity index (χ4n) is 1.07. The molecule has 5 nitrogen and oxygen atoms in total. The Hall–Kier alpha value is -1.36. The van der Waals surface area contributed by atoms with Crippen LogP contribution in [-0.2, 0) is 14.3 Å². The molecule has 0 aromatic carbocycles. The van der Waals surface area contributed by atoms with E-state index in [-0.39, 0.29) is 13.0 Å². The highest BCUT2D eigenvalue weighted by atomic mass is 16.5. The Labute approximate surface area is 82.0 Å². The van der Waals surface area contributed by atoms with E-state index in [4.69, 9.17) is 14.9 Å². The van der Waals surface area contributed by atoms with E-state index in [0.717, 1.165) is 0 Å². The van der Waals surface area contributed by atoms with Crippen LogP contribution in [0.5, 0.6) is 0 Å². The number of carboxylic acids is 2. The van der Waals surface area contributed by atoms with Gasteiger partial charge < -0.3 is 14.9 Å². The normalized spacial score (nSPS) is 14.4. The van der Waals surface area contributed by atoms with Crippen LogP contribution in [0.2, 0.25) is 0 Å². The number of rotatable bonds is 7. The number of allylic oxidation sites excluding steroid dienone is 1. The van der Waals surface area contributed by atoms with Gasteiger partial charge in [0.15, 0.2) is 6.10 Å². The van der Waals surface area contributed by atoms with Gasteiger partial charge in [0, 0.05) is 6.61 Å². The fraction of sp³-hybridized carbons (Fsp3) is 0.556. The van der Waals surface area contributed by atoms with Gasteiger partial charge in [-0.1, -0.05) is 6.08 Å². The zero-order valence-corrected chi connectivity index (χ0v) is 7.97. The van der Waals surface area contributed by atoms with Crippen molar-refractivity contribution in [3.63, 3.8) is 0 Å². The lowest BCUT2D eigenvalue weighted by atomic mass is 9.98. The summed E-state index contributed by atoms with van der Waals surface area (Å²) >= 11 is 0. The van der Waals surface area contributed by atoms with Gasteiger partial charge in [0.25, 0.3) is 0 Å². The fourth-order valence-corrected chi connectivity index (χ4v) is 1.07. The summed E-state index contributed by atoms with van der Waals surface area (Å²) in [6, 6.07) is 0. The van der Waals surface area contributed by atoms with Crippen LogP contribution in [0.25, 0.3) is 0 Å². The molecular weight excluding hydrogens is 188 g/mol. The highest BCUT2D eigenvalue weighted by Gasteiger charge is 2.33. The zero-order valence-electron chi connectivity index (χ0n) is 7.97. The number of ether oxygens (including phenoxy) is 1. The average molecular weight is 202 g/mol. The molecule has 0 aliphatic rings. The Morgan fingerprint density at radius 1 is 1.43 bits per heavy atom. The van der Waals surface area contributed by atoms with E-state index in [0.29, 0.717) is 0 Å². The molecule has 0 saturated carbocycles. The predicted molar refractivity (Wildman–Crippen MR) is 49.0 cm³/mol. The van der Waals surface area contributed by atoms with Crippen LogP contribution in [0.4, 0.5) is 0 Å². The molecule has 0 amide bonds. The number of carboxylic acid groups (broad SMARTS) is 2. The van der Waals surface area contributed by atoms with Crippen LogP contribution in [0.3, 0.4) is 0 Å². The Balaban J connectivity index is 4.62. The Kier molecular flexibility index (Phi) is 5.55. The maximum Gasteiger partial charge on any atom is 0.333 e. The second-order valence-electron chi connectivity index (χ2n) is 2.68. The molecule has 2 N–H and O–H groups in total. The van der Waals surface area contributed by atoms with Gasteiger partial charge in [-0.25, -0.2) is 4.79 Å². The van der Waals surface area contributed by atoms with E-state index >= 15 is 0 Å². The first-order chi connectivity index (χ1) is 6.54. The highest BCUT2D eigenvalue weighted by molar-refractivity contribution is 5.81. The molecule has 0 fully saturated rings. The lowest BCUT2D eigenvalue weighted by Crippen LogP contribution is -2.37. The van der Waals surface area contributed by atoms with Crippen molar-refractivity contribution < 1.29 is 24.5 Å². The standard InChI is InChI=1S/C9H14O5/c1-3-5-6(8(10)11)7(9(12)13)14-4-2/h3,6-7H,1,4-5H2,2H3,(H,10,11)(H,12,13)/t6-,7?/m1/s1. The van der Waals surface area contributed by atoms with Crippen molar-refractivity contribution in [1.29, 1.82) is 0 Å². The molecule has 0 bridgehead atoms. The van der Waals surface area contributed by atoms with Gasteiger partial charge in [0.05, 0.1) is 5.92 Å². The topological polar surface area (TPSA) is 83.8 Å². The molecule has 14 heavy (non-hydrogen) atoms. The largest absolute Gasteiger partial charge is 0.481 e. The van der Waals surface area contributed by atoms with Crippen molar-refractivity contribution in [3.8, 4) is 0 Å². The second-order valence-corrected chi connectivity index (χ2v) is 2.68. The first kappa shape index (κ1) is 12.6. The molecule has 0 radical (unpaired) electrons. The quantitative estimate of drug-likeness (QED) is 0.595. The van der Waals surface area contributed by atoms with Crippen LogP contribution < -0.4 is 0 Å². The van der Waals surface area contributed by atoms with Crippen molar-refractivity contribution in [2.45, 2.75) is 19.4 Å². The van der Waals surface area contributed by atoms with E-state index in [1.807, 2.05) is 0 Å². The summed E-state index contributed by atoms with van der Waals surface area (Å²) in [5.41, 5.74) is 0. The molecule has 2 atom stereocenters. The third kappa shape index (κ3) is 3.57. The van der Waals surface area contributed by atoms with Crippen LogP contribution in [0.15, 0.2) is 12.7 Å². The third-order valence-corrected chi connectivity index (χ3v) is 1.69. The van der Waals surface area contributed by atoms with Crippen LogP contribution in [0, 0.1) is 5.92 Å². The first-order valence-electron chi connectivity index (χ1n) is 4.22. The first-order valence-corrected chi connectivity index (χ1v) is 4.22. The van der Waals surface area contributed by atoms with E-state index < -0.39 is 24.0 Å². The molecule has 0 rings (SSSR count). The summed E-state index contributed by atoms with van der Waals surface area (Å²) in [5, 5.41) is 17.5. The molecule has 1 unspecified atom stereocenters. The lowest BCUT2D eigenvalue weighted by molar-refractivity contribution is -0.163. The van der Waals surface area contributed by atoms with Gasteiger partial charge in [-0.3, -0.25) is 4.79 Å². The second kappa shape index (κ2) is 6.15.